The van der Waals surface area contributed by atoms with Crippen molar-refractivity contribution in [3.8, 4) is 0 Å². The topological polar surface area (TPSA) is 43.1 Å². The first-order chi connectivity index (χ1) is 12.8. The normalized spacial score (nSPS) is 12.3. The van der Waals surface area contributed by atoms with Gasteiger partial charge < -0.3 is 0 Å². The van der Waals surface area contributed by atoms with E-state index >= 15 is 0 Å². The standard InChI is InChI=1S/C10H14N2O2.3C4H9.Sn/c1-12(2,3)8-9-4-6-10(7-5-9)11(13)14;3*1-3-4-2;/h4-7H,1,8H2,2-3H3;3*1,3-4H2,2H3;/q+1;;;;. The molecule has 0 atom stereocenters. The summed E-state index contributed by atoms with van der Waals surface area (Å²) in [7, 11) is 4.74. The number of rotatable bonds is 14. The van der Waals surface area contributed by atoms with Crippen LogP contribution in [0.15, 0.2) is 24.3 Å². The van der Waals surface area contributed by atoms with Crippen molar-refractivity contribution < 1.29 is 9.41 Å². The van der Waals surface area contributed by atoms with E-state index in [1.165, 1.54) is 62.0 Å². The maximum absolute atomic E-state index is 10.9. The molecule has 0 N–H and O–H groups in total. The summed E-state index contributed by atoms with van der Waals surface area (Å²) in [4.78, 5) is 10.6. The summed E-state index contributed by atoms with van der Waals surface area (Å²) in [5.74, 6) is 0. The number of non-ortho nitro benzene ring substituents is 1. The van der Waals surface area contributed by atoms with Crippen LogP contribution in [0.25, 0.3) is 0 Å². The molecule has 154 valence electrons. The molecule has 0 heterocycles. The third kappa shape index (κ3) is 8.95. The van der Waals surface area contributed by atoms with E-state index in [0.717, 1.165) is 11.0 Å². The van der Waals surface area contributed by atoms with Crippen LogP contribution in [0, 0.1) is 10.1 Å². The van der Waals surface area contributed by atoms with Crippen molar-refractivity contribution in [1.82, 2.24) is 0 Å². The number of benzene rings is 1. The van der Waals surface area contributed by atoms with Crippen LogP contribution in [-0.4, -0.2) is 46.4 Å². The summed E-state index contributed by atoms with van der Waals surface area (Å²) < 4.78 is 7.03. The molecule has 0 saturated heterocycles. The van der Waals surface area contributed by atoms with Gasteiger partial charge in [-0.25, -0.2) is 0 Å². The maximum atomic E-state index is 10.9. The Bertz CT molecular complexity index is 536. The molecular weight excluding hydrogens is 443 g/mol. The molecule has 0 amide bonds. The number of quaternary nitrogens is 1. The van der Waals surface area contributed by atoms with Crippen molar-refractivity contribution in [2.75, 3.05) is 18.7 Å². The van der Waals surface area contributed by atoms with Crippen LogP contribution in [0.4, 0.5) is 5.69 Å². The molecule has 4 nitrogen and oxygen atoms in total. The molecule has 0 aromatic heterocycles. The average Bonchev–Trinajstić information content (AvgIpc) is 2.62. The van der Waals surface area contributed by atoms with Gasteiger partial charge in [0.15, 0.2) is 0 Å². The molecule has 1 aromatic rings. The number of nitro benzene ring substituents is 1. The van der Waals surface area contributed by atoms with Crippen LogP contribution in [0.2, 0.25) is 13.3 Å². The second kappa shape index (κ2) is 12.1. The summed E-state index contributed by atoms with van der Waals surface area (Å²) in [5.41, 5.74) is 1.40. The van der Waals surface area contributed by atoms with Gasteiger partial charge in [0.1, 0.15) is 0 Å². The predicted octanol–water partition coefficient (Wildman–Crippen LogP) is 6.56. The molecule has 0 fully saturated rings. The Labute approximate surface area is 171 Å². The van der Waals surface area contributed by atoms with E-state index in [1.54, 1.807) is 12.1 Å². The monoisotopic (exact) mass is 485 g/mol. The Balaban J connectivity index is 2.94. The second-order valence-corrected chi connectivity index (χ2v) is 22.7. The SMILES string of the molecule is CCC[CH2][Sn]([CH2]CCC)([CH2]CCC)[CH2][N+](C)(C)Cc1ccc([N+](=O)[O-])cc1. The van der Waals surface area contributed by atoms with Crippen molar-refractivity contribution in [2.24, 2.45) is 0 Å². The Morgan fingerprint density at radius 2 is 1.33 bits per heavy atom. The average molecular weight is 484 g/mol. The number of unbranched alkanes of at least 4 members (excludes halogenated alkanes) is 3. The van der Waals surface area contributed by atoms with Crippen LogP contribution in [0.5, 0.6) is 0 Å². The van der Waals surface area contributed by atoms with Crippen LogP contribution in [-0.2, 0) is 6.54 Å². The van der Waals surface area contributed by atoms with Gasteiger partial charge in [-0.2, -0.15) is 0 Å². The minimum absolute atomic E-state index is 0.186. The first-order valence-electron chi connectivity index (χ1n) is 10.8. The molecule has 0 radical (unpaired) electrons. The van der Waals surface area contributed by atoms with Crippen molar-refractivity contribution in [3.63, 3.8) is 0 Å². The predicted molar refractivity (Wildman–Crippen MR) is 119 cm³/mol. The number of hydrogen-bond acceptors (Lipinski definition) is 2. The van der Waals surface area contributed by atoms with Gasteiger partial charge in [-0.05, 0) is 0 Å². The van der Waals surface area contributed by atoms with E-state index in [-0.39, 0.29) is 10.6 Å². The van der Waals surface area contributed by atoms with Crippen molar-refractivity contribution in [2.45, 2.75) is 79.2 Å². The van der Waals surface area contributed by atoms with E-state index in [9.17, 15) is 10.1 Å². The Kier molecular flexibility index (Phi) is 10.9. The van der Waals surface area contributed by atoms with Gasteiger partial charge >= 0.3 is 171 Å². The Morgan fingerprint density at radius 3 is 1.70 bits per heavy atom. The van der Waals surface area contributed by atoms with Crippen LogP contribution >= 0.6 is 0 Å². The second-order valence-electron chi connectivity index (χ2n) is 8.99. The van der Waals surface area contributed by atoms with Gasteiger partial charge in [0.05, 0.1) is 0 Å². The molecule has 0 bridgehead atoms. The molecule has 1 aromatic carbocycles. The Hall–Kier alpha value is -0.621. The summed E-state index contributed by atoms with van der Waals surface area (Å²) in [5, 5.41) is 10.9. The molecule has 27 heavy (non-hydrogen) atoms. The van der Waals surface area contributed by atoms with Crippen LogP contribution < -0.4 is 0 Å². The summed E-state index contributed by atoms with van der Waals surface area (Å²) in [6.45, 7) is 7.95. The summed E-state index contributed by atoms with van der Waals surface area (Å²) in [6, 6.07) is 7.19. The van der Waals surface area contributed by atoms with Crippen LogP contribution in [0.1, 0.15) is 64.9 Å². The number of nitrogens with zero attached hydrogens (tertiary/aromatic N) is 2. The fourth-order valence-electron chi connectivity index (χ4n) is 4.45. The van der Waals surface area contributed by atoms with Gasteiger partial charge in [0.25, 0.3) is 0 Å². The van der Waals surface area contributed by atoms with Gasteiger partial charge in [-0.1, -0.05) is 0 Å². The molecule has 0 unspecified atom stereocenters. The van der Waals surface area contributed by atoms with Crippen LogP contribution in [0.3, 0.4) is 0 Å². The number of nitro groups is 1. The molecular formula is C22H41N2O2Sn+. The van der Waals surface area contributed by atoms with Crippen molar-refractivity contribution >= 4 is 24.1 Å². The quantitative estimate of drug-likeness (QED) is 0.130. The van der Waals surface area contributed by atoms with E-state index < -0.39 is 18.4 Å². The zero-order valence-electron chi connectivity index (χ0n) is 18.3. The van der Waals surface area contributed by atoms with Gasteiger partial charge in [0.2, 0.25) is 0 Å². The third-order valence-electron chi connectivity index (χ3n) is 5.70. The van der Waals surface area contributed by atoms with E-state index in [4.69, 9.17) is 0 Å². The molecule has 0 saturated carbocycles. The zero-order valence-corrected chi connectivity index (χ0v) is 21.2. The van der Waals surface area contributed by atoms with Gasteiger partial charge in [-0.15, -0.1) is 0 Å². The molecule has 0 aliphatic carbocycles. The fraction of sp³-hybridized carbons (Fsp3) is 0.727. The zero-order chi connectivity index (χ0) is 20.3. The minimum atomic E-state index is -2.20. The molecule has 0 aliphatic rings. The van der Waals surface area contributed by atoms with E-state index in [2.05, 4.69) is 34.9 Å². The van der Waals surface area contributed by atoms with Gasteiger partial charge in [-0.3, -0.25) is 0 Å². The van der Waals surface area contributed by atoms with Crippen molar-refractivity contribution in [3.05, 3.63) is 39.9 Å². The molecule has 5 heteroatoms. The van der Waals surface area contributed by atoms with Gasteiger partial charge in [0, 0.05) is 0 Å². The summed E-state index contributed by atoms with van der Waals surface area (Å²) in [6.07, 6.45) is 8.15. The fourth-order valence-corrected chi connectivity index (χ4v) is 22.9. The van der Waals surface area contributed by atoms with E-state index in [0.29, 0.717) is 0 Å². The first kappa shape index (κ1) is 24.4. The van der Waals surface area contributed by atoms with E-state index in [1.807, 2.05) is 12.1 Å². The summed E-state index contributed by atoms with van der Waals surface area (Å²) >= 11 is -2.20. The van der Waals surface area contributed by atoms with Crippen molar-refractivity contribution in [1.29, 1.82) is 0 Å². The molecule has 0 spiro atoms. The Morgan fingerprint density at radius 1 is 0.889 bits per heavy atom. The third-order valence-corrected chi connectivity index (χ3v) is 22.2. The molecule has 1 rings (SSSR count). The number of hydrogen-bond donors (Lipinski definition) is 0. The molecule has 0 aliphatic heterocycles. The first-order valence-corrected chi connectivity index (χ1v) is 18.9.